The number of hydrogen-bond acceptors (Lipinski definition) is 6. The molecule has 0 aliphatic carbocycles. The van der Waals surface area contributed by atoms with E-state index in [1.807, 2.05) is 44.2 Å². The SMILES string of the molecule is Cc1cc(C=NNC(=O)c2cccnc2Cl)c(C)n1-c1ccc(Sc2ccc([N+](=O)[O-])cc2)cc1. The van der Waals surface area contributed by atoms with Crippen molar-refractivity contribution in [1.82, 2.24) is 15.0 Å². The minimum absolute atomic E-state index is 0.0723. The van der Waals surface area contributed by atoms with Crippen LogP contribution < -0.4 is 5.43 Å². The second kappa shape index (κ2) is 10.5. The number of aryl methyl sites for hydroxylation is 1. The molecule has 0 aliphatic heterocycles. The molecule has 0 bridgehead atoms. The normalized spacial score (nSPS) is 11.1. The lowest BCUT2D eigenvalue weighted by Gasteiger charge is -2.10. The molecule has 176 valence electrons. The Bertz CT molecular complexity index is 1420. The molecule has 10 heteroatoms. The van der Waals surface area contributed by atoms with Crippen molar-refractivity contribution in [2.75, 3.05) is 0 Å². The maximum atomic E-state index is 12.3. The van der Waals surface area contributed by atoms with Gasteiger partial charge in [0.05, 0.1) is 16.7 Å². The zero-order chi connectivity index (χ0) is 24.9. The summed E-state index contributed by atoms with van der Waals surface area (Å²) in [6.07, 6.45) is 3.11. The Morgan fingerprint density at radius 1 is 1.11 bits per heavy atom. The molecule has 0 fully saturated rings. The van der Waals surface area contributed by atoms with E-state index < -0.39 is 10.8 Å². The number of halogens is 1. The van der Waals surface area contributed by atoms with Crippen LogP contribution in [0.15, 0.2) is 87.8 Å². The number of hydrazone groups is 1. The van der Waals surface area contributed by atoms with Gasteiger partial charge in [0.25, 0.3) is 11.6 Å². The van der Waals surface area contributed by atoms with Crippen LogP contribution >= 0.6 is 23.4 Å². The predicted octanol–water partition coefficient (Wildman–Crippen LogP) is 5.97. The van der Waals surface area contributed by atoms with Crippen LogP contribution in [0.1, 0.15) is 27.3 Å². The van der Waals surface area contributed by atoms with Gasteiger partial charge in [0.1, 0.15) is 5.15 Å². The van der Waals surface area contributed by atoms with Crippen LogP contribution in [0.25, 0.3) is 5.69 Å². The lowest BCUT2D eigenvalue weighted by molar-refractivity contribution is -0.384. The van der Waals surface area contributed by atoms with E-state index in [0.29, 0.717) is 0 Å². The summed E-state index contributed by atoms with van der Waals surface area (Å²) in [5.41, 5.74) is 6.64. The van der Waals surface area contributed by atoms with Gasteiger partial charge >= 0.3 is 0 Å². The molecule has 0 spiro atoms. The summed E-state index contributed by atoms with van der Waals surface area (Å²) in [7, 11) is 0. The van der Waals surface area contributed by atoms with Gasteiger partial charge in [0.2, 0.25) is 0 Å². The summed E-state index contributed by atoms with van der Waals surface area (Å²) in [6, 6.07) is 19.7. The molecule has 0 saturated heterocycles. The highest BCUT2D eigenvalue weighted by Crippen LogP contribution is 2.30. The summed E-state index contributed by atoms with van der Waals surface area (Å²) in [4.78, 5) is 28.5. The van der Waals surface area contributed by atoms with Crippen LogP contribution in [0.5, 0.6) is 0 Å². The fraction of sp³-hybridized carbons (Fsp3) is 0.0800. The molecule has 2 aromatic heterocycles. The molecule has 1 N–H and O–H groups in total. The monoisotopic (exact) mass is 505 g/mol. The number of aromatic nitrogens is 2. The largest absolute Gasteiger partial charge is 0.318 e. The Hall–Kier alpha value is -3.95. The van der Waals surface area contributed by atoms with Gasteiger partial charge in [0, 0.05) is 50.8 Å². The van der Waals surface area contributed by atoms with Crippen molar-refractivity contribution in [1.29, 1.82) is 0 Å². The number of amides is 1. The average Bonchev–Trinajstić information content (AvgIpc) is 3.13. The van der Waals surface area contributed by atoms with Crippen LogP contribution in [0.2, 0.25) is 5.15 Å². The molecule has 0 atom stereocenters. The molecule has 1 amide bonds. The maximum Gasteiger partial charge on any atom is 0.274 e. The lowest BCUT2D eigenvalue weighted by atomic mass is 10.2. The average molecular weight is 506 g/mol. The number of nitrogens with one attached hydrogen (secondary N) is 1. The minimum atomic E-state index is -0.436. The van der Waals surface area contributed by atoms with Gasteiger partial charge in [-0.05, 0) is 68.4 Å². The van der Waals surface area contributed by atoms with E-state index in [4.69, 9.17) is 11.6 Å². The number of non-ortho nitro benzene ring substituents is 1. The standard InChI is InChI=1S/C25H20ClN5O3S/c1-16-14-18(15-28-29-25(32)23-4-3-13-27-24(23)26)17(2)30(16)19-5-9-21(10-6-19)35-22-11-7-20(8-12-22)31(33)34/h3-15H,1-2H3,(H,29,32). The molecule has 35 heavy (non-hydrogen) atoms. The molecule has 0 radical (unpaired) electrons. The van der Waals surface area contributed by atoms with Crippen LogP contribution in [-0.4, -0.2) is 26.6 Å². The van der Waals surface area contributed by atoms with Crippen LogP contribution in [0.4, 0.5) is 5.69 Å². The fourth-order valence-corrected chi connectivity index (χ4v) is 4.55. The highest BCUT2D eigenvalue weighted by Gasteiger charge is 2.12. The summed E-state index contributed by atoms with van der Waals surface area (Å²) in [6.45, 7) is 3.98. The van der Waals surface area contributed by atoms with E-state index in [9.17, 15) is 14.9 Å². The van der Waals surface area contributed by atoms with Crippen molar-refractivity contribution >= 4 is 41.2 Å². The molecular formula is C25H20ClN5O3S. The van der Waals surface area contributed by atoms with Crippen molar-refractivity contribution in [3.05, 3.63) is 111 Å². The quantitative estimate of drug-likeness (QED) is 0.144. The summed E-state index contributed by atoms with van der Waals surface area (Å²) in [5.74, 6) is -0.436. The van der Waals surface area contributed by atoms with Gasteiger partial charge in [-0.1, -0.05) is 23.4 Å². The molecule has 2 heterocycles. The van der Waals surface area contributed by atoms with Gasteiger partial charge in [-0.25, -0.2) is 10.4 Å². The fourth-order valence-electron chi connectivity index (χ4n) is 3.53. The number of carbonyl (C=O) groups is 1. The Kier molecular flexibility index (Phi) is 7.28. The van der Waals surface area contributed by atoms with E-state index >= 15 is 0 Å². The third-order valence-corrected chi connectivity index (χ3v) is 6.54. The minimum Gasteiger partial charge on any atom is -0.318 e. The van der Waals surface area contributed by atoms with E-state index in [1.54, 1.807) is 30.5 Å². The topological polar surface area (TPSA) is 102 Å². The Morgan fingerprint density at radius 3 is 2.40 bits per heavy atom. The zero-order valence-corrected chi connectivity index (χ0v) is 20.4. The number of rotatable bonds is 7. The van der Waals surface area contributed by atoms with Crippen molar-refractivity contribution in [3.63, 3.8) is 0 Å². The Labute approximate surface area is 210 Å². The third kappa shape index (κ3) is 5.59. The summed E-state index contributed by atoms with van der Waals surface area (Å²) >= 11 is 7.48. The molecule has 8 nitrogen and oxygen atoms in total. The second-order valence-corrected chi connectivity index (χ2v) is 9.05. The predicted molar refractivity (Wildman–Crippen MR) is 137 cm³/mol. The molecule has 0 saturated carbocycles. The van der Waals surface area contributed by atoms with E-state index in [0.717, 1.165) is 32.4 Å². The van der Waals surface area contributed by atoms with Crippen LogP contribution in [0.3, 0.4) is 0 Å². The van der Waals surface area contributed by atoms with Gasteiger partial charge < -0.3 is 4.57 Å². The molecule has 0 aliphatic rings. The first-order chi connectivity index (χ1) is 16.8. The number of pyridine rings is 1. The summed E-state index contributed by atoms with van der Waals surface area (Å²) in [5, 5.41) is 15.0. The van der Waals surface area contributed by atoms with Gasteiger partial charge in [-0.3, -0.25) is 14.9 Å². The zero-order valence-electron chi connectivity index (χ0n) is 18.8. The van der Waals surface area contributed by atoms with E-state index in [-0.39, 0.29) is 16.4 Å². The lowest BCUT2D eigenvalue weighted by Crippen LogP contribution is -2.18. The first-order valence-electron chi connectivity index (χ1n) is 10.5. The van der Waals surface area contributed by atoms with Crippen LogP contribution in [0, 0.1) is 24.0 Å². The Morgan fingerprint density at radius 2 is 1.77 bits per heavy atom. The highest BCUT2D eigenvalue weighted by molar-refractivity contribution is 7.99. The van der Waals surface area contributed by atoms with Gasteiger partial charge in [-0.15, -0.1) is 0 Å². The number of carbonyl (C=O) groups excluding carboxylic acids is 1. The maximum absolute atomic E-state index is 12.3. The Balaban J connectivity index is 1.46. The second-order valence-electron chi connectivity index (χ2n) is 7.55. The molecule has 4 rings (SSSR count). The van der Waals surface area contributed by atoms with Gasteiger partial charge in [0.15, 0.2) is 0 Å². The van der Waals surface area contributed by atoms with Crippen molar-refractivity contribution in [3.8, 4) is 5.69 Å². The number of nitrogens with zero attached hydrogens (tertiary/aromatic N) is 4. The van der Waals surface area contributed by atoms with Crippen molar-refractivity contribution in [2.24, 2.45) is 5.10 Å². The van der Waals surface area contributed by atoms with Crippen LogP contribution in [-0.2, 0) is 0 Å². The smallest absolute Gasteiger partial charge is 0.274 e. The number of benzene rings is 2. The first kappa shape index (κ1) is 24.2. The molecule has 2 aromatic carbocycles. The summed E-state index contributed by atoms with van der Waals surface area (Å²) < 4.78 is 2.10. The van der Waals surface area contributed by atoms with Crippen molar-refractivity contribution < 1.29 is 9.72 Å². The van der Waals surface area contributed by atoms with E-state index in [2.05, 4.69) is 20.1 Å². The van der Waals surface area contributed by atoms with E-state index in [1.165, 1.54) is 30.1 Å². The molecule has 4 aromatic rings. The number of nitro groups is 1. The highest BCUT2D eigenvalue weighted by atomic mass is 35.5. The molecular weight excluding hydrogens is 486 g/mol. The number of hydrogen-bond donors (Lipinski definition) is 1. The number of nitro benzene ring substituents is 1. The van der Waals surface area contributed by atoms with Gasteiger partial charge in [-0.2, -0.15) is 5.10 Å². The molecule has 0 unspecified atom stereocenters. The third-order valence-electron chi connectivity index (χ3n) is 5.22. The van der Waals surface area contributed by atoms with Crippen molar-refractivity contribution in [2.45, 2.75) is 23.6 Å². The first-order valence-corrected chi connectivity index (χ1v) is 11.7.